The molecule has 0 aliphatic carbocycles. The zero-order chi connectivity index (χ0) is 13.3. The van der Waals surface area contributed by atoms with E-state index in [9.17, 15) is 8.42 Å². The van der Waals surface area contributed by atoms with Crippen LogP contribution in [0.4, 0.5) is 5.69 Å². The van der Waals surface area contributed by atoms with Crippen molar-refractivity contribution in [1.29, 1.82) is 0 Å². The van der Waals surface area contributed by atoms with Crippen molar-refractivity contribution in [2.24, 2.45) is 0 Å². The third-order valence-electron chi connectivity index (χ3n) is 2.53. The second-order valence-electron chi connectivity index (χ2n) is 3.90. The highest BCUT2D eigenvalue weighted by atomic mass is 35.5. The zero-order valence-electron chi connectivity index (χ0n) is 9.47. The predicted molar refractivity (Wildman–Crippen MR) is 74.8 cm³/mol. The Morgan fingerprint density at radius 3 is 2.83 bits per heavy atom. The highest BCUT2D eigenvalue weighted by Crippen LogP contribution is 2.46. The highest BCUT2D eigenvalue weighted by Gasteiger charge is 2.23. The molecule has 0 fully saturated rings. The van der Waals surface area contributed by atoms with Gasteiger partial charge >= 0.3 is 0 Å². The van der Waals surface area contributed by atoms with Gasteiger partial charge in [-0.3, -0.25) is 4.55 Å². The number of nitrogens with zero attached hydrogens (tertiary/aromatic N) is 1. The van der Waals surface area contributed by atoms with Gasteiger partial charge in [-0.25, -0.2) is 0 Å². The highest BCUT2D eigenvalue weighted by molar-refractivity contribution is 8.03. The molecule has 1 aromatic carbocycles. The minimum atomic E-state index is -3.90. The molecule has 0 bridgehead atoms. The van der Waals surface area contributed by atoms with Crippen molar-refractivity contribution in [3.8, 4) is 0 Å². The van der Waals surface area contributed by atoms with Crippen LogP contribution in [0.2, 0.25) is 5.02 Å². The van der Waals surface area contributed by atoms with Crippen LogP contribution in [0.15, 0.2) is 34.7 Å². The van der Waals surface area contributed by atoms with Crippen molar-refractivity contribution in [1.82, 2.24) is 0 Å². The molecule has 18 heavy (non-hydrogen) atoms. The van der Waals surface area contributed by atoms with Crippen LogP contribution in [0.3, 0.4) is 0 Å². The molecule has 1 heterocycles. The summed E-state index contributed by atoms with van der Waals surface area (Å²) in [5, 5.41) is 1.50. The topological polar surface area (TPSA) is 57.6 Å². The minimum Gasteiger partial charge on any atom is -0.335 e. The second kappa shape index (κ2) is 5.13. The van der Waals surface area contributed by atoms with Crippen LogP contribution in [-0.2, 0) is 10.1 Å². The lowest BCUT2D eigenvalue weighted by molar-refractivity contribution is 0.481. The Labute approximate surface area is 115 Å². The Kier molecular flexibility index (Phi) is 3.91. The third kappa shape index (κ3) is 3.20. The van der Waals surface area contributed by atoms with Gasteiger partial charge in [0.25, 0.3) is 10.1 Å². The van der Waals surface area contributed by atoms with Gasteiger partial charge in [0.05, 0.1) is 16.5 Å². The van der Waals surface area contributed by atoms with E-state index in [1.165, 1.54) is 11.8 Å². The second-order valence-corrected chi connectivity index (χ2v) is 7.02. The molecule has 98 valence electrons. The summed E-state index contributed by atoms with van der Waals surface area (Å²) >= 11 is 7.42. The van der Waals surface area contributed by atoms with Crippen molar-refractivity contribution in [3.05, 3.63) is 34.8 Å². The Morgan fingerprint density at radius 1 is 1.44 bits per heavy atom. The van der Waals surface area contributed by atoms with Gasteiger partial charge in [-0.2, -0.15) is 8.42 Å². The number of thioether (sulfide) groups is 1. The number of fused-ring (bicyclic) bond motifs is 1. The first kappa shape index (κ1) is 13.7. The van der Waals surface area contributed by atoms with Gasteiger partial charge in [0.2, 0.25) is 0 Å². The van der Waals surface area contributed by atoms with Gasteiger partial charge in [0.15, 0.2) is 0 Å². The Morgan fingerprint density at radius 2 is 2.17 bits per heavy atom. The standard InChI is InChI=1S/C11H12ClNO3S2/c1-8-13(5-2-6-18(14,15)16)10-4-3-9(12)7-11(10)17-8/h3-4,7H,1-2,5-6H2,(H,14,15,16). The van der Waals surface area contributed by atoms with Crippen LogP contribution in [-0.4, -0.2) is 25.3 Å². The molecule has 2 rings (SSSR count). The van der Waals surface area contributed by atoms with Gasteiger partial charge in [-0.15, -0.1) is 0 Å². The summed E-state index contributed by atoms with van der Waals surface area (Å²) in [6.45, 7) is 4.43. The van der Waals surface area contributed by atoms with Crippen molar-refractivity contribution >= 4 is 39.2 Å². The molecular formula is C11H12ClNO3S2. The Hall–Kier alpha value is -0.690. The summed E-state index contributed by atoms with van der Waals surface area (Å²) in [5.74, 6) is -0.246. The zero-order valence-corrected chi connectivity index (χ0v) is 11.9. The van der Waals surface area contributed by atoms with Crippen LogP contribution < -0.4 is 4.90 Å². The summed E-state index contributed by atoms with van der Waals surface area (Å²) in [4.78, 5) is 2.95. The van der Waals surface area contributed by atoms with E-state index in [0.717, 1.165) is 15.6 Å². The maximum Gasteiger partial charge on any atom is 0.264 e. The largest absolute Gasteiger partial charge is 0.335 e. The van der Waals surface area contributed by atoms with Crippen LogP contribution >= 0.6 is 23.4 Å². The number of hydrogen-bond donors (Lipinski definition) is 1. The molecule has 0 aromatic heterocycles. The van der Waals surface area contributed by atoms with Crippen molar-refractivity contribution < 1.29 is 13.0 Å². The number of benzene rings is 1. The van der Waals surface area contributed by atoms with Crippen LogP contribution in [0.25, 0.3) is 0 Å². The van der Waals surface area contributed by atoms with E-state index < -0.39 is 10.1 Å². The SMILES string of the molecule is C=C1Sc2cc(Cl)ccc2N1CCCS(=O)(=O)O. The van der Waals surface area contributed by atoms with Gasteiger partial charge in [0.1, 0.15) is 0 Å². The number of hydrogen-bond acceptors (Lipinski definition) is 4. The number of rotatable bonds is 4. The molecule has 1 aliphatic rings. The molecule has 0 atom stereocenters. The summed E-state index contributed by atoms with van der Waals surface area (Å²) < 4.78 is 30.0. The molecule has 0 radical (unpaired) electrons. The van der Waals surface area contributed by atoms with E-state index in [2.05, 4.69) is 6.58 Å². The molecule has 1 aliphatic heterocycles. The average Bonchev–Trinajstić information content (AvgIpc) is 2.52. The minimum absolute atomic E-state index is 0.246. The lowest BCUT2D eigenvalue weighted by Gasteiger charge is -2.19. The van der Waals surface area contributed by atoms with Gasteiger partial charge in [-0.1, -0.05) is 29.9 Å². The van der Waals surface area contributed by atoms with E-state index in [-0.39, 0.29) is 5.75 Å². The first-order chi connectivity index (χ1) is 8.37. The average molecular weight is 306 g/mol. The first-order valence-electron chi connectivity index (χ1n) is 5.26. The third-order valence-corrected chi connectivity index (χ3v) is 4.57. The van der Waals surface area contributed by atoms with Crippen molar-refractivity contribution in [2.75, 3.05) is 17.2 Å². The molecule has 7 heteroatoms. The maximum atomic E-state index is 10.7. The monoisotopic (exact) mass is 305 g/mol. The van der Waals surface area contributed by atoms with E-state index in [1.807, 2.05) is 17.0 Å². The number of anilines is 1. The molecule has 0 saturated carbocycles. The summed E-state index contributed by atoms with van der Waals surface area (Å²) in [7, 11) is -3.90. The lowest BCUT2D eigenvalue weighted by Crippen LogP contribution is -2.20. The van der Waals surface area contributed by atoms with Crippen LogP contribution in [0, 0.1) is 0 Å². The van der Waals surface area contributed by atoms with Gasteiger partial charge < -0.3 is 4.90 Å². The van der Waals surface area contributed by atoms with E-state index >= 15 is 0 Å². The maximum absolute atomic E-state index is 10.7. The molecule has 0 amide bonds. The molecular weight excluding hydrogens is 294 g/mol. The van der Waals surface area contributed by atoms with Crippen LogP contribution in [0.1, 0.15) is 6.42 Å². The summed E-state index contributed by atoms with van der Waals surface area (Å²) in [6, 6.07) is 5.53. The quantitative estimate of drug-likeness (QED) is 0.867. The first-order valence-corrected chi connectivity index (χ1v) is 8.06. The van der Waals surface area contributed by atoms with Gasteiger partial charge in [0, 0.05) is 16.5 Å². The molecule has 1 aromatic rings. The van der Waals surface area contributed by atoms with Crippen molar-refractivity contribution in [2.45, 2.75) is 11.3 Å². The Bertz CT molecular complexity index is 586. The predicted octanol–water partition coefficient (Wildman–Crippen LogP) is 3.00. The normalized spacial score (nSPS) is 15.0. The molecule has 4 nitrogen and oxygen atoms in total. The summed E-state index contributed by atoms with van der Waals surface area (Å²) in [6.07, 6.45) is 0.348. The molecule has 0 saturated heterocycles. The lowest BCUT2D eigenvalue weighted by atomic mass is 10.3. The van der Waals surface area contributed by atoms with E-state index in [0.29, 0.717) is 18.0 Å². The van der Waals surface area contributed by atoms with Crippen LogP contribution in [0.5, 0.6) is 0 Å². The molecule has 1 N–H and O–H groups in total. The fraction of sp³-hybridized carbons (Fsp3) is 0.273. The Balaban J connectivity index is 2.09. The summed E-state index contributed by atoms with van der Waals surface area (Å²) in [5.41, 5.74) is 0.977. The smallest absolute Gasteiger partial charge is 0.264 e. The van der Waals surface area contributed by atoms with Crippen molar-refractivity contribution in [3.63, 3.8) is 0 Å². The molecule has 0 unspecified atom stereocenters. The fourth-order valence-corrected chi connectivity index (χ4v) is 3.51. The number of halogens is 1. The van der Waals surface area contributed by atoms with E-state index in [4.69, 9.17) is 16.2 Å². The fourth-order valence-electron chi connectivity index (χ4n) is 1.76. The van der Waals surface area contributed by atoms with E-state index in [1.54, 1.807) is 6.07 Å². The van der Waals surface area contributed by atoms with Gasteiger partial charge in [-0.05, 0) is 24.6 Å². The molecule has 0 spiro atoms.